The molecular weight excluding hydrogens is 234 g/mol. The van der Waals surface area contributed by atoms with Gasteiger partial charge < -0.3 is 10.5 Å². The number of nitrogen functional groups attached to an aromatic ring is 1. The first-order valence-electron chi connectivity index (χ1n) is 4.38. The first-order chi connectivity index (χ1) is 7.13. The summed E-state index contributed by atoms with van der Waals surface area (Å²) < 4.78 is 4.53. The maximum Gasteiger partial charge on any atom is 0.306 e. The fourth-order valence-electron chi connectivity index (χ4n) is 0.952. The van der Waals surface area contributed by atoms with Gasteiger partial charge in [-0.25, -0.2) is 0 Å². The number of thioether (sulfide) groups is 1. The van der Waals surface area contributed by atoms with Crippen LogP contribution in [0.4, 0.5) is 5.69 Å². The summed E-state index contributed by atoms with van der Waals surface area (Å²) in [6.07, 6.45) is 0.392. The summed E-state index contributed by atoms with van der Waals surface area (Å²) >= 11 is 7.40. The van der Waals surface area contributed by atoms with Crippen molar-refractivity contribution >= 4 is 35.0 Å². The monoisotopic (exact) mass is 245 g/mol. The Hall–Kier alpha value is -0.870. The molecule has 2 N–H and O–H groups in total. The van der Waals surface area contributed by atoms with E-state index in [9.17, 15) is 4.79 Å². The number of anilines is 1. The Labute approximate surface area is 97.9 Å². The number of nitrogens with two attached hydrogens (primary N) is 1. The third-order valence-corrected chi connectivity index (χ3v) is 3.10. The van der Waals surface area contributed by atoms with Crippen LogP contribution in [-0.2, 0) is 9.53 Å². The van der Waals surface area contributed by atoms with Crippen molar-refractivity contribution in [1.29, 1.82) is 0 Å². The molecule has 0 saturated heterocycles. The zero-order valence-corrected chi connectivity index (χ0v) is 9.90. The zero-order chi connectivity index (χ0) is 11.3. The molecule has 0 radical (unpaired) electrons. The molecule has 1 rings (SSSR count). The summed E-state index contributed by atoms with van der Waals surface area (Å²) in [6, 6.07) is 5.42. The number of hydrogen-bond acceptors (Lipinski definition) is 4. The van der Waals surface area contributed by atoms with Crippen LogP contribution in [0.1, 0.15) is 6.42 Å². The molecule has 0 bridgehead atoms. The average molecular weight is 246 g/mol. The normalized spacial score (nSPS) is 10.0. The van der Waals surface area contributed by atoms with Gasteiger partial charge in [0.25, 0.3) is 0 Å². The Kier molecular flexibility index (Phi) is 4.78. The Morgan fingerprint density at radius 3 is 2.93 bits per heavy atom. The van der Waals surface area contributed by atoms with Gasteiger partial charge in [-0.2, -0.15) is 0 Å². The van der Waals surface area contributed by atoms with E-state index >= 15 is 0 Å². The maximum atomic E-state index is 10.8. The SMILES string of the molecule is COC(=O)CCSc1ccc(N)c(Cl)c1. The lowest BCUT2D eigenvalue weighted by atomic mass is 10.3. The molecule has 0 heterocycles. The minimum absolute atomic E-state index is 0.205. The molecule has 15 heavy (non-hydrogen) atoms. The standard InChI is InChI=1S/C10H12ClNO2S/c1-14-10(13)4-5-15-7-2-3-9(12)8(11)6-7/h2-3,6H,4-5,12H2,1H3. The number of carbonyl (C=O) groups excluding carboxylic acids is 1. The number of halogens is 1. The van der Waals surface area contributed by atoms with Crippen LogP contribution in [-0.4, -0.2) is 18.8 Å². The highest BCUT2D eigenvalue weighted by molar-refractivity contribution is 7.99. The van der Waals surface area contributed by atoms with Gasteiger partial charge >= 0.3 is 5.97 Å². The lowest BCUT2D eigenvalue weighted by molar-refractivity contribution is -0.140. The highest BCUT2D eigenvalue weighted by atomic mass is 35.5. The van der Waals surface area contributed by atoms with Gasteiger partial charge in [-0.1, -0.05) is 11.6 Å². The Bertz CT molecular complexity index is 357. The summed E-state index contributed by atoms with van der Waals surface area (Å²) in [7, 11) is 1.38. The van der Waals surface area contributed by atoms with Crippen LogP contribution in [0.2, 0.25) is 5.02 Å². The topological polar surface area (TPSA) is 52.3 Å². The van der Waals surface area contributed by atoms with E-state index in [1.165, 1.54) is 7.11 Å². The van der Waals surface area contributed by atoms with Gasteiger partial charge in [0.1, 0.15) is 0 Å². The second-order valence-electron chi connectivity index (χ2n) is 2.86. The molecule has 0 aliphatic rings. The van der Waals surface area contributed by atoms with Crippen molar-refractivity contribution in [1.82, 2.24) is 0 Å². The van der Waals surface area contributed by atoms with E-state index in [1.54, 1.807) is 23.9 Å². The van der Waals surface area contributed by atoms with Crippen LogP contribution in [0.5, 0.6) is 0 Å². The lowest BCUT2D eigenvalue weighted by Crippen LogP contribution is -2.00. The van der Waals surface area contributed by atoms with E-state index in [2.05, 4.69) is 4.74 Å². The molecule has 0 aliphatic heterocycles. The Balaban J connectivity index is 2.44. The molecule has 0 unspecified atom stereocenters. The Morgan fingerprint density at radius 1 is 1.60 bits per heavy atom. The highest BCUT2D eigenvalue weighted by Crippen LogP contribution is 2.26. The molecule has 0 spiro atoms. The van der Waals surface area contributed by atoms with Gasteiger partial charge in [-0.05, 0) is 18.2 Å². The Morgan fingerprint density at radius 2 is 2.33 bits per heavy atom. The van der Waals surface area contributed by atoms with E-state index in [0.717, 1.165) is 4.90 Å². The van der Waals surface area contributed by atoms with E-state index in [-0.39, 0.29) is 5.97 Å². The van der Waals surface area contributed by atoms with Gasteiger partial charge in [-0.3, -0.25) is 4.79 Å². The smallest absolute Gasteiger partial charge is 0.306 e. The number of benzene rings is 1. The first kappa shape index (κ1) is 12.2. The fraction of sp³-hybridized carbons (Fsp3) is 0.300. The van der Waals surface area contributed by atoms with Crippen LogP contribution in [0, 0.1) is 0 Å². The molecule has 3 nitrogen and oxygen atoms in total. The van der Waals surface area contributed by atoms with Crippen LogP contribution < -0.4 is 5.73 Å². The van der Waals surface area contributed by atoms with Gasteiger partial charge in [0.2, 0.25) is 0 Å². The third kappa shape index (κ3) is 4.01. The van der Waals surface area contributed by atoms with E-state index in [0.29, 0.717) is 22.9 Å². The van der Waals surface area contributed by atoms with E-state index in [1.807, 2.05) is 6.07 Å². The number of ether oxygens (including phenoxy) is 1. The summed E-state index contributed by atoms with van der Waals surface area (Å²) in [5, 5.41) is 0.540. The van der Waals surface area contributed by atoms with Gasteiger partial charge in [0, 0.05) is 10.6 Å². The number of methoxy groups -OCH3 is 1. The van der Waals surface area contributed by atoms with Gasteiger partial charge in [0.05, 0.1) is 24.2 Å². The van der Waals surface area contributed by atoms with Crippen molar-refractivity contribution in [3.05, 3.63) is 23.2 Å². The highest BCUT2D eigenvalue weighted by Gasteiger charge is 2.02. The van der Waals surface area contributed by atoms with Gasteiger partial charge in [0.15, 0.2) is 0 Å². The van der Waals surface area contributed by atoms with E-state index < -0.39 is 0 Å². The quantitative estimate of drug-likeness (QED) is 0.503. The van der Waals surface area contributed by atoms with Crippen LogP contribution >= 0.6 is 23.4 Å². The molecular formula is C10H12ClNO2S. The number of carbonyl (C=O) groups is 1. The van der Waals surface area contributed by atoms with Crippen molar-refractivity contribution in [2.24, 2.45) is 0 Å². The zero-order valence-electron chi connectivity index (χ0n) is 8.33. The van der Waals surface area contributed by atoms with Crippen molar-refractivity contribution in [3.63, 3.8) is 0 Å². The third-order valence-electron chi connectivity index (χ3n) is 1.77. The molecule has 1 aromatic rings. The van der Waals surface area contributed by atoms with Crippen molar-refractivity contribution < 1.29 is 9.53 Å². The number of esters is 1. The maximum absolute atomic E-state index is 10.8. The second kappa shape index (κ2) is 5.88. The molecule has 1 aromatic carbocycles. The molecule has 82 valence electrons. The van der Waals surface area contributed by atoms with Crippen LogP contribution in [0.3, 0.4) is 0 Å². The van der Waals surface area contributed by atoms with Crippen molar-refractivity contribution in [2.75, 3.05) is 18.6 Å². The minimum Gasteiger partial charge on any atom is -0.469 e. The summed E-state index contributed by atoms with van der Waals surface area (Å²) in [4.78, 5) is 11.8. The van der Waals surface area contributed by atoms with Gasteiger partial charge in [-0.15, -0.1) is 11.8 Å². The molecule has 0 atom stereocenters. The molecule has 0 aromatic heterocycles. The number of hydrogen-bond donors (Lipinski definition) is 1. The van der Waals surface area contributed by atoms with E-state index in [4.69, 9.17) is 17.3 Å². The number of rotatable bonds is 4. The largest absolute Gasteiger partial charge is 0.469 e. The molecule has 0 saturated carbocycles. The fourth-order valence-corrected chi connectivity index (χ4v) is 2.07. The van der Waals surface area contributed by atoms with Crippen molar-refractivity contribution in [3.8, 4) is 0 Å². The average Bonchev–Trinajstić information content (AvgIpc) is 2.23. The predicted octanol–water partition coefficient (Wildman–Crippen LogP) is 2.58. The van der Waals surface area contributed by atoms with Crippen molar-refractivity contribution in [2.45, 2.75) is 11.3 Å². The summed E-state index contributed by atoms with van der Waals surface area (Å²) in [5.74, 6) is 0.469. The summed E-state index contributed by atoms with van der Waals surface area (Å²) in [6.45, 7) is 0. The molecule has 0 fully saturated rings. The lowest BCUT2D eigenvalue weighted by Gasteiger charge is -2.03. The first-order valence-corrected chi connectivity index (χ1v) is 5.74. The predicted molar refractivity (Wildman–Crippen MR) is 63.2 cm³/mol. The minimum atomic E-state index is -0.205. The van der Waals surface area contributed by atoms with Crippen LogP contribution in [0.15, 0.2) is 23.1 Å². The second-order valence-corrected chi connectivity index (χ2v) is 4.43. The molecule has 0 aliphatic carbocycles. The summed E-state index contributed by atoms with van der Waals surface area (Å²) in [5.41, 5.74) is 6.14. The molecule has 0 amide bonds. The molecule has 5 heteroatoms. The van der Waals surface area contributed by atoms with Crippen LogP contribution in [0.25, 0.3) is 0 Å².